The number of alkyl halides is 3. The van der Waals surface area contributed by atoms with Gasteiger partial charge >= 0.3 is 6.36 Å². The second-order valence-corrected chi connectivity index (χ2v) is 9.84. The summed E-state index contributed by atoms with van der Waals surface area (Å²) in [4.78, 5) is 18.5. The van der Waals surface area contributed by atoms with E-state index in [1.807, 2.05) is 6.20 Å². The van der Waals surface area contributed by atoms with Crippen molar-refractivity contribution in [3.8, 4) is 17.0 Å². The molecule has 49 heavy (non-hydrogen) atoms. The summed E-state index contributed by atoms with van der Waals surface area (Å²) in [6.07, 6.45) is 0.778. The number of rotatable bonds is 29. The number of carbonyl (C=O) groups is 1. The third kappa shape index (κ3) is 19.0. The fourth-order valence-electron chi connectivity index (χ4n) is 3.86. The van der Waals surface area contributed by atoms with Gasteiger partial charge in [0.25, 0.3) is 0 Å². The first-order valence-electron chi connectivity index (χ1n) is 15.6. The van der Waals surface area contributed by atoms with E-state index in [0.717, 1.165) is 5.56 Å². The molecule has 18 heteroatoms. The van der Waals surface area contributed by atoms with Crippen molar-refractivity contribution < 1.29 is 55.9 Å². The molecule has 0 radical (unpaired) electrons. The van der Waals surface area contributed by atoms with Crippen LogP contribution in [0.15, 0.2) is 49.1 Å². The lowest BCUT2D eigenvalue weighted by Gasteiger charge is -2.10. The SMILES string of the molecule is O=CNCCOCCOCCOCCOCCOCCOCCOCCn1cc(-c2cc(Nc3ccc(OC(F)(F)F)cc3)ncn2)cn1. The van der Waals surface area contributed by atoms with Crippen molar-refractivity contribution in [1.29, 1.82) is 0 Å². The molecule has 0 bridgehead atoms. The highest BCUT2D eigenvalue weighted by Crippen LogP contribution is 2.26. The van der Waals surface area contributed by atoms with Crippen LogP contribution in [0.4, 0.5) is 24.7 Å². The maximum Gasteiger partial charge on any atom is 0.573 e. The maximum absolute atomic E-state index is 12.4. The smallest absolute Gasteiger partial charge is 0.406 e. The Labute approximate surface area is 282 Å². The molecule has 0 fully saturated rings. The minimum atomic E-state index is -4.75. The largest absolute Gasteiger partial charge is 0.573 e. The zero-order valence-electron chi connectivity index (χ0n) is 27.1. The van der Waals surface area contributed by atoms with Crippen LogP contribution in [0.3, 0.4) is 0 Å². The van der Waals surface area contributed by atoms with Gasteiger partial charge in [0.1, 0.15) is 17.9 Å². The predicted octanol–water partition coefficient (Wildman–Crippen LogP) is 2.84. The highest BCUT2D eigenvalue weighted by molar-refractivity contribution is 5.64. The lowest BCUT2D eigenvalue weighted by atomic mass is 10.2. The molecule has 0 saturated heterocycles. The fraction of sp³-hybridized carbons (Fsp3) is 0.548. The molecule has 0 aliphatic heterocycles. The van der Waals surface area contributed by atoms with E-state index < -0.39 is 6.36 Å². The van der Waals surface area contributed by atoms with Gasteiger partial charge in [0.15, 0.2) is 0 Å². The summed E-state index contributed by atoms with van der Waals surface area (Å²) < 4.78 is 80.8. The van der Waals surface area contributed by atoms with Gasteiger partial charge < -0.3 is 48.5 Å². The van der Waals surface area contributed by atoms with E-state index in [1.165, 1.54) is 30.6 Å². The Morgan fingerprint density at radius 1 is 0.714 bits per heavy atom. The van der Waals surface area contributed by atoms with Crippen LogP contribution < -0.4 is 15.4 Å². The summed E-state index contributed by atoms with van der Waals surface area (Å²) in [5.74, 6) is 0.152. The Balaban J connectivity index is 1.12. The van der Waals surface area contributed by atoms with Crippen LogP contribution in [-0.2, 0) is 44.5 Å². The summed E-state index contributed by atoms with van der Waals surface area (Å²) in [5, 5.41) is 9.88. The number of aromatic nitrogens is 4. The van der Waals surface area contributed by atoms with Crippen LogP contribution in [-0.4, -0.2) is 132 Å². The van der Waals surface area contributed by atoms with E-state index in [0.29, 0.717) is 129 Å². The van der Waals surface area contributed by atoms with Crippen LogP contribution in [0, 0.1) is 0 Å². The minimum Gasteiger partial charge on any atom is -0.406 e. The van der Waals surface area contributed by atoms with Crippen LogP contribution >= 0.6 is 0 Å². The third-order valence-corrected chi connectivity index (χ3v) is 6.13. The Hall–Kier alpha value is -3.91. The van der Waals surface area contributed by atoms with Gasteiger partial charge in [-0.25, -0.2) is 9.97 Å². The number of benzene rings is 1. The zero-order valence-corrected chi connectivity index (χ0v) is 27.1. The van der Waals surface area contributed by atoms with E-state index in [4.69, 9.17) is 33.2 Å². The number of anilines is 2. The van der Waals surface area contributed by atoms with Crippen molar-refractivity contribution in [2.75, 3.05) is 104 Å². The summed E-state index contributed by atoms with van der Waals surface area (Å²) in [5.41, 5.74) is 1.92. The summed E-state index contributed by atoms with van der Waals surface area (Å²) >= 11 is 0. The standard InChI is InChI=1S/C31H43F3N6O9/c32-31(33,34)49-28-3-1-27(2-4-28)39-30-21-29(36-24-37-30)26-22-38-40(23-26)6-8-43-10-12-45-14-16-47-18-20-48-19-17-46-15-13-44-11-9-42-7-5-35-25-41/h1-4,21-25H,5-20H2,(H,35,41)(H,36,37,39). The highest BCUT2D eigenvalue weighted by Gasteiger charge is 2.30. The molecule has 2 aromatic heterocycles. The second kappa shape index (κ2) is 24.3. The molecule has 0 spiro atoms. The number of halogens is 3. The monoisotopic (exact) mass is 700 g/mol. The molecule has 15 nitrogen and oxygen atoms in total. The van der Waals surface area contributed by atoms with Gasteiger partial charge in [-0.2, -0.15) is 5.10 Å². The molecular formula is C31H43F3N6O9. The molecule has 1 aromatic carbocycles. The van der Waals surface area contributed by atoms with E-state index >= 15 is 0 Å². The van der Waals surface area contributed by atoms with Crippen molar-refractivity contribution in [3.63, 3.8) is 0 Å². The lowest BCUT2D eigenvalue weighted by molar-refractivity contribution is -0.274. The first-order valence-corrected chi connectivity index (χ1v) is 15.6. The number of nitrogens with zero attached hydrogens (tertiary/aromatic N) is 4. The van der Waals surface area contributed by atoms with Gasteiger partial charge in [-0.05, 0) is 24.3 Å². The van der Waals surface area contributed by atoms with Crippen molar-refractivity contribution >= 4 is 17.9 Å². The molecule has 0 saturated carbocycles. The number of carbonyl (C=O) groups excluding carboxylic acids is 1. The molecule has 0 aliphatic rings. The van der Waals surface area contributed by atoms with Crippen molar-refractivity contribution in [2.45, 2.75) is 12.9 Å². The molecular weight excluding hydrogens is 657 g/mol. The van der Waals surface area contributed by atoms with E-state index in [9.17, 15) is 18.0 Å². The fourth-order valence-corrected chi connectivity index (χ4v) is 3.86. The molecule has 2 heterocycles. The number of hydrogen-bond acceptors (Lipinski definition) is 13. The number of amides is 1. The average Bonchev–Trinajstić information content (AvgIpc) is 3.56. The van der Waals surface area contributed by atoms with Gasteiger partial charge in [-0.1, -0.05) is 0 Å². The molecule has 0 atom stereocenters. The van der Waals surface area contributed by atoms with E-state index in [1.54, 1.807) is 16.9 Å². The molecule has 0 aliphatic carbocycles. The minimum absolute atomic E-state index is 0.311. The van der Waals surface area contributed by atoms with Crippen LogP contribution in [0.1, 0.15) is 0 Å². The van der Waals surface area contributed by atoms with Crippen molar-refractivity contribution in [1.82, 2.24) is 25.1 Å². The molecule has 0 unspecified atom stereocenters. The van der Waals surface area contributed by atoms with Gasteiger partial charge in [0.05, 0.1) is 111 Å². The van der Waals surface area contributed by atoms with Crippen molar-refractivity contribution in [2.24, 2.45) is 0 Å². The summed E-state index contributed by atoms with van der Waals surface area (Å²) in [7, 11) is 0. The van der Waals surface area contributed by atoms with Gasteiger partial charge in [0, 0.05) is 30.1 Å². The van der Waals surface area contributed by atoms with E-state index in [-0.39, 0.29) is 5.75 Å². The molecule has 272 valence electrons. The molecule has 3 aromatic rings. The predicted molar refractivity (Wildman–Crippen MR) is 169 cm³/mol. The van der Waals surface area contributed by atoms with Gasteiger partial charge in [-0.15, -0.1) is 13.2 Å². The van der Waals surface area contributed by atoms with Gasteiger partial charge in [-0.3, -0.25) is 9.48 Å². The van der Waals surface area contributed by atoms with Crippen LogP contribution in [0.5, 0.6) is 5.75 Å². The quantitative estimate of drug-likeness (QED) is 0.0806. The first-order chi connectivity index (χ1) is 23.9. The zero-order chi connectivity index (χ0) is 34.8. The average molecular weight is 701 g/mol. The number of nitrogens with one attached hydrogen (secondary N) is 2. The highest BCUT2D eigenvalue weighted by atomic mass is 19.4. The summed E-state index contributed by atoms with van der Waals surface area (Å²) in [6.45, 7) is 7.43. The Morgan fingerprint density at radius 2 is 1.24 bits per heavy atom. The van der Waals surface area contributed by atoms with Gasteiger partial charge in [0.2, 0.25) is 6.41 Å². The Bertz CT molecular complexity index is 1290. The third-order valence-electron chi connectivity index (χ3n) is 6.13. The van der Waals surface area contributed by atoms with E-state index in [2.05, 4.69) is 30.4 Å². The van der Waals surface area contributed by atoms with Crippen LogP contribution in [0.25, 0.3) is 11.3 Å². The maximum atomic E-state index is 12.4. The lowest BCUT2D eigenvalue weighted by Crippen LogP contribution is -2.19. The normalized spacial score (nSPS) is 11.5. The topological polar surface area (TPSA) is 159 Å². The van der Waals surface area contributed by atoms with Crippen LogP contribution in [0.2, 0.25) is 0 Å². The number of hydrogen-bond donors (Lipinski definition) is 2. The molecule has 3 rings (SSSR count). The molecule has 2 N–H and O–H groups in total. The summed E-state index contributed by atoms with van der Waals surface area (Å²) in [6, 6.07) is 7.05. The van der Waals surface area contributed by atoms with Crippen molar-refractivity contribution in [3.05, 3.63) is 49.1 Å². The number of ether oxygens (including phenoxy) is 8. The molecule has 1 amide bonds. The second-order valence-electron chi connectivity index (χ2n) is 9.84. The first kappa shape index (κ1) is 39.5. The Kier molecular flexibility index (Phi) is 19.6. The Morgan fingerprint density at radius 3 is 1.78 bits per heavy atom.